The summed E-state index contributed by atoms with van der Waals surface area (Å²) in [5.74, 6) is 1.09. The number of Topliss-reactive ketones (excluding diaryl/α,β-unsaturated/α-hetero) is 1. The fraction of sp³-hybridized carbons (Fsp3) is 0.900. The highest BCUT2D eigenvalue weighted by molar-refractivity contribution is 5.83. The predicted octanol–water partition coefficient (Wildman–Crippen LogP) is 1.87. The van der Waals surface area contributed by atoms with Gasteiger partial charge in [0.05, 0.1) is 6.04 Å². The number of hydrogen-bond donors (Lipinski definition) is 1. The van der Waals surface area contributed by atoms with E-state index in [0.29, 0.717) is 6.42 Å². The Morgan fingerprint density at radius 2 is 2.25 bits per heavy atom. The first-order valence-corrected chi connectivity index (χ1v) is 5.02. The first-order valence-electron chi connectivity index (χ1n) is 5.02. The van der Waals surface area contributed by atoms with Crippen LogP contribution in [0.3, 0.4) is 0 Å². The third-order valence-corrected chi connectivity index (χ3v) is 2.87. The second-order valence-corrected chi connectivity index (χ2v) is 3.80. The van der Waals surface area contributed by atoms with E-state index in [2.05, 4.69) is 0 Å². The lowest BCUT2D eigenvalue weighted by Crippen LogP contribution is -2.30. The molecule has 1 unspecified atom stereocenters. The molecule has 2 nitrogen and oxygen atoms in total. The molecule has 0 heterocycles. The van der Waals surface area contributed by atoms with Crippen LogP contribution in [-0.4, -0.2) is 11.8 Å². The molecule has 0 saturated heterocycles. The van der Waals surface area contributed by atoms with E-state index in [4.69, 9.17) is 5.73 Å². The van der Waals surface area contributed by atoms with E-state index >= 15 is 0 Å². The third-order valence-electron chi connectivity index (χ3n) is 2.87. The summed E-state index contributed by atoms with van der Waals surface area (Å²) >= 11 is 0. The van der Waals surface area contributed by atoms with E-state index in [1.54, 1.807) is 0 Å². The molecule has 1 fully saturated rings. The molecule has 0 radical (unpaired) electrons. The molecule has 0 amide bonds. The van der Waals surface area contributed by atoms with Gasteiger partial charge in [0, 0.05) is 6.42 Å². The molecule has 1 rings (SSSR count). The molecule has 0 spiro atoms. The van der Waals surface area contributed by atoms with Crippen LogP contribution in [0.5, 0.6) is 0 Å². The van der Waals surface area contributed by atoms with Crippen LogP contribution in [0.2, 0.25) is 0 Å². The van der Waals surface area contributed by atoms with Crippen LogP contribution >= 0.6 is 0 Å². The van der Waals surface area contributed by atoms with E-state index in [1.165, 1.54) is 19.3 Å². The number of nitrogens with two attached hydrogens (primary N) is 1. The maximum atomic E-state index is 11.1. The summed E-state index contributed by atoms with van der Waals surface area (Å²) in [6.07, 6.45) is 6.73. The van der Waals surface area contributed by atoms with E-state index in [9.17, 15) is 4.79 Å². The number of ketones is 1. The second kappa shape index (κ2) is 4.61. The monoisotopic (exact) mass is 169 g/mol. The predicted molar refractivity (Wildman–Crippen MR) is 49.8 cm³/mol. The quantitative estimate of drug-likeness (QED) is 0.682. The van der Waals surface area contributed by atoms with Crippen molar-refractivity contribution in [3.63, 3.8) is 0 Å². The Balaban J connectivity index is 2.08. The molecule has 0 aromatic heterocycles. The van der Waals surface area contributed by atoms with Gasteiger partial charge in [0.1, 0.15) is 5.78 Å². The van der Waals surface area contributed by atoms with Crippen molar-refractivity contribution in [1.29, 1.82) is 0 Å². The van der Waals surface area contributed by atoms with Gasteiger partial charge in [-0.1, -0.05) is 26.2 Å². The van der Waals surface area contributed by atoms with Gasteiger partial charge in [-0.3, -0.25) is 4.79 Å². The standard InChI is InChI=1S/C10H19NO/c1-2-10(12)9(11)7-6-8-4-3-5-8/h8-9H,2-7,11H2,1H3. The molecule has 2 heteroatoms. The van der Waals surface area contributed by atoms with Crippen molar-refractivity contribution in [2.75, 3.05) is 0 Å². The van der Waals surface area contributed by atoms with Crippen LogP contribution in [0.25, 0.3) is 0 Å². The SMILES string of the molecule is CCC(=O)C(N)CCC1CCC1. The number of rotatable bonds is 5. The Morgan fingerprint density at radius 1 is 1.58 bits per heavy atom. The highest BCUT2D eigenvalue weighted by Crippen LogP contribution is 2.30. The minimum Gasteiger partial charge on any atom is -0.322 e. The lowest BCUT2D eigenvalue weighted by Gasteiger charge is -2.26. The van der Waals surface area contributed by atoms with Gasteiger partial charge in [-0.2, -0.15) is 0 Å². The highest BCUT2D eigenvalue weighted by Gasteiger charge is 2.19. The Morgan fingerprint density at radius 3 is 2.67 bits per heavy atom. The van der Waals surface area contributed by atoms with Crippen molar-refractivity contribution in [3.05, 3.63) is 0 Å². The third kappa shape index (κ3) is 2.59. The van der Waals surface area contributed by atoms with E-state index in [0.717, 1.165) is 18.8 Å². The summed E-state index contributed by atoms with van der Waals surface area (Å²) in [4.78, 5) is 11.1. The van der Waals surface area contributed by atoms with Crippen molar-refractivity contribution < 1.29 is 4.79 Å². The molecular weight excluding hydrogens is 150 g/mol. The average molecular weight is 169 g/mol. The van der Waals surface area contributed by atoms with Gasteiger partial charge >= 0.3 is 0 Å². The average Bonchev–Trinajstić information content (AvgIpc) is 2.00. The molecule has 12 heavy (non-hydrogen) atoms. The van der Waals surface area contributed by atoms with Crippen molar-refractivity contribution in [1.82, 2.24) is 0 Å². The summed E-state index contributed by atoms with van der Waals surface area (Å²) in [6, 6.07) is -0.185. The molecular formula is C10H19NO. The lowest BCUT2D eigenvalue weighted by atomic mass is 9.81. The number of hydrogen-bond acceptors (Lipinski definition) is 2. The molecule has 2 N–H and O–H groups in total. The Kier molecular flexibility index (Phi) is 3.73. The van der Waals surface area contributed by atoms with Crippen LogP contribution in [0.4, 0.5) is 0 Å². The molecule has 1 aliphatic carbocycles. The van der Waals surface area contributed by atoms with Gasteiger partial charge in [0.15, 0.2) is 0 Å². The fourth-order valence-electron chi connectivity index (χ4n) is 1.62. The lowest BCUT2D eigenvalue weighted by molar-refractivity contribution is -0.120. The van der Waals surface area contributed by atoms with Crippen molar-refractivity contribution in [2.24, 2.45) is 11.7 Å². The fourth-order valence-corrected chi connectivity index (χ4v) is 1.62. The van der Waals surface area contributed by atoms with Crippen molar-refractivity contribution in [2.45, 2.75) is 51.5 Å². The molecule has 0 bridgehead atoms. The highest BCUT2D eigenvalue weighted by atomic mass is 16.1. The minimum absolute atomic E-state index is 0.185. The summed E-state index contributed by atoms with van der Waals surface area (Å²) in [5.41, 5.74) is 5.71. The Labute approximate surface area is 74.5 Å². The molecule has 70 valence electrons. The Hall–Kier alpha value is -0.370. The summed E-state index contributed by atoms with van der Waals surface area (Å²) in [7, 11) is 0. The van der Waals surface area contributed by atoms with Crippen molar-refractivity contribution >= 4 is 5.78 Å². The van der Waals surface area contributed by atoms with Gasteiger partial charge in [-0.25, -0.2) is 0 Å². The Bertz CT molecular complexity index is 152. The van der Waals surface area contributed by atoms with Gasteiger partial charge < -0.3 is 5.73 Å². The molecule has 1 atom stereocenters. The molecule has 0 aliphatic heterocycles. The first kappa shape index (κ1) is 9.72. The molecule has 1 aliphatic rings. The van der Waals surface area contributed by atoms with Crippen LogP contribution in [0.15, 0.2) is 0 Å². The first-order chi connectivity index (χ1) is 5.74. The second-order valence-electron chi connectivity index (χ2n) is 3.80. The van der Waals surface area contributed by atoms with Gasteiger partial charge in [0.25, 0.3) is 0 Å². The smallest absolute Gasteiger partial charge is 0.149 e. The van der Waals surface area contributed by atoms with E-state index in [-0.39, 0.29) is 11.8 Å². The largest absolute Gasteiger partial charge is 0.322 e. The summed E-state index contributed by atoms with van der Waals surface area (Å²) < 4.78 is 0. The zero-order chi connectivity index (χ0) is 8.97. The number of carbonyl (C=O) groups is 1. The van der Waals surface area contributed by atoms with Crippen molar-refractivity contribution in [3.8, 4) is 0 Å². The molecule has 0 aromatic carbocycles. The number of carbonyl (C=O) groups excluding carboxylic acids is 1. The maximum absolute atomic E-state index is 11.1. The van der Waals surface area contributed by atoms with Gasteiger partial charge in [-0.15, -0.1) is 0 Å². The molecule has 0 aromatic rings. The molecule has 1 saturated carbocycles. The van der Waals surface area contributed by atoms with E-state index in [1.807, 2.05) is 6.92 Å². The van der Waals surface area contributed by atoms with Crippen LogP contribution in [-0.2, 0) is 4.79 Å². The van der Waals surface area contributed by atoms with Crippen LogP contribution < -0.4 is 5.73 Å². The zero-order valence-corrected chi connectivity index (χ0v) is 7.88. The maximum Gasteiger partial charge on any atom is 0.149 e. The van der Waals surface area contributed by atoms with Gasteiger partial charge in [0.2, 0.25) is 0 Å². The van der Waals surface area contributed by atoms with Crippen LogP contribution in [0, 0.1) is 5.92 Å². The van der Waals surface area contributed by atoms with E-state index < -0.39 is 0 Å². The van der Waals surface area contributed by atoms with Crippen LogP contribution in [0.1, 0.15) is 45.4 Å². The summed E-state index contributed by atoms with van der Waals surface area (Å²) in [6.45, 7) is 1.88. The topological polar surface area (TPSA) is 43.1 Å². The summed E-state index contributed by atoms with van der Waals surface area (Å²) in [5, 5.41) is 0. The van der Waals surface area contributed by atoms with Gasteiger partial charge in [-0.05, 0) is 18.8 Å². The minimum atomic E-state index is -0.185. The normalized spacial score (nSPS) is 20.2. The zero-order valence-electron chi connectivity index (χ0n) is 7.88.